The zero-order valence-corrected chi connectivity index (χ0v) is 14.4. The van der Waals surface area contributed by atoms with Gasteiger partial charge in [0.25, 0.3) is 0 Å². The van der Waals surface area contributed by atoms with Gasteiger partial charge in [0.15, 0.2) is 5.96 Å². The molecule has 1 heterocycles. The molecule has 0 saturated carbocycles. The third kappa shape index (κ3) is 5.15. The Kier molecular flexibility index (Phi) is 6.89. The summed E-state index contributed by atoms with van der Waals surface area (Å²) in [7, 11) is 3.28. The van der Waals surface area contributed by atoms with E-state index in [1.54, 1.807) is 20.4 Å². The summed E-state index contributed by atoms with van der Waals surface area (Å²) in [4.78, 5) is 8.80. The molecule has 1 aromatic carbocycles. The number of guanidine groups is 1. The third-order valence-electron chi connectivity index (χ3n) is 3.41. The Balaban J connectivity index is 1.99. The van der Waals surface area contributed by atoms with Crippen LogP contribution in [0.3, 0.4) is 0 Å². The topological polar surface area (TPSA) is 67.8 Å². The van der Waals surface area contributed by atoms with Gasteiger partial charge in [-0.15, -0.1) is 0 Å². The van der Waals surface area contributed by atoms with Gasteiger partial charge in [-0.1, -0.05) is 18.2 Å². The van der Waals surface area contributed by atoms with Crippen LogP contribution in [0.1, 0.15) is 18.1 Å². The molecular weight excluding hydrogens is 304 g/mol. The van der Waals surface area contributed by atoms with Gasteiger partial charge in [-0.2, -0.15) is 0 Å². The zero-order chi connectivity index (χ0) is 17.2. The lowest BCUT2D eigenvalue weighted by Gasteiger charge is -2.13. The van der Waals surface area contributed by atoms with Gasteiger partial charge in [0.2, 0.25) is 5.88 Å². The highest BCUT2D eigenvalue weighted by Gasteiger charge is 2.04. The molecule has 2 aromatic rings. The molecule has 0 bridgehead atoms. The Hall–Kier alpha value is -2.76. The first-order valence-electron chi connectivity index (χ1n) is 7.89. The highest BCUT2D eigenvalue weighted by molar-refractivity contribution is 5.79. The quantitative estimate of drug-likeness (QED) is 0.603. The van der Waals surface area contributed by atoms with Gasteiger partial charge >= 0.3 is 0 Å². The van der Waals surface area contributed by atoms with E-state index in [1.807, 2.05) is 43.3 Å². The number of methoxy groups -OCH3 is 2. The van der Waals surface area contributed by atoms with Crippen molar-refractivity contribution in [2.45, 2.75) is 20.0 Å². The maximum absolute atomic E-state index is 5.27. The van der Waals surface area contributed by atoms with E-state index in [2.05, 4.69) is 20.6 Å². The molecule has 0 atom stereocenters. The lowest BCUT2D eigenvalue weighted by atomic mass is 10.2. The van der Waals surface area contributed by atoms with Gasteiger partial charge in [0.05, 0.1) is 20.8 Å². The summed E-state index contributed by atoms with van der Waals surface area (Å²) < 4.78 is 10.4. The minimum absolute atomic E-state index is 0.587. The van der Waals surface area contributed by atoms with Crippen LogP contribution in [0.4, 0.5) is 0 Å². The van der Waals surface area contributed by atoms with Crippen molar-refractivity contribution in [2.24, 2.45) is 4.99 Å². The lowest BCUT2D eigenvalue weighted by molar-refractivity contribution is 0.392. The van der Waals surface area contributed by atoms with Crippen molar-refractivity contribution < 1.29 is 9.47 Å². The normalized spacial score (nSPS) is 11.0. The molecule has 6 nitrogen and oxygen atoms in total. The number of rotatable bonds is 7. The van der Waals surface area contributed by atoms with Crippen LogP contribution in [0.25, 0.3) is 0 Å². The Morgan fingerprint density at radius 1 is 1.08 bits per heavy atom. The minimum atomic E-state index is 0.587. The van der Waals surface area contributed by atoms with E-state index < -0.39 is 0 Å². The third-order valence-corrected chi connectivity index (χ3v) is 3.41. The molecule has 0 unspecified atom stereocenters. The Bertz CT molecular complexity index is 656. The van der Waals surface area contributed by atoms with Crippen molar-refractivity contribution in [3.05, 3.63) is 53.7 Å². The summed E-state index contributed by atoms with van der Waals surface area (Å²) in [5, 5.41) is 6.53. The van der Waals surface area contributed by atoms with E-state index in [0.717, 1.165) is 29.4 Å². The smallest absolute Gasteiger partial charge is 0.218 e. The molecule has 0 aliphatic rings. The Morgan fingerprint density at radius 3 is 2.54 bits per heavy atom. The van der Waals surface area contributed by atoms with Crippen molar-refractivity contribution in [3.63, 3.8) is 0 Å². The Labute approximate surface area is 142 Å². The first kappa shape index (κ1) is 17.6. The van der Waals surface area contributed by atoms with E-state index in [4.69, 9.17) is 9.47 Å². The fourth-order valence-electron chi connectivity index (χ4n) is 2.16. The van der Waals surface area contributed by atoms with Gasteiger partial charge in [-0.25, -0.2) is 9.98 Å². The molecule has 0 aliphatic heterocycles. The second-order valence-electron chi connectivity index (χ2n) is 5.07. The first-order chi connectivity index (χ1) is 11.8. The predicted octanol–water partition coefficient (Wildman–Crippen LogP) is 2.35. The second-order valence-corrected chi connectivity index (χ2v) is 5.07. The molecule has 1 aromatic heterocycles. The van der Waals surface area contributed by atoms with Gasteiger partial charge in [0.1, 0.15) is 5.75 Å². The van der Waals surface area contributed by atoms with Crippen LogP contribution < -0.4 is 20.1 Å². The van der Waals surface area contributed by atoms with Crippen molar-refractivity contribution >= 4 is 5.96 Å². The lowest BCUT2D eigenvalue weighted by Crippen LogP contribution is -2.36. The fraction of sp³-hybridized carbons (Fsp3) is 0.333. The maximum Gasteiger partial charge on any atom is 0.218 e. The fourth-order valence-corrected chi connectivity index (χ4v) is 2.16. The molecule has 0 aliphatic carbocycles. The monoisotopic (exact) mass is 328 g/mol. The zero-order valence-electron chi connectivity index (χ0n) is 14.4. The van der Waals surface area contributed by atoms with Crippen molar-refractivity contribution in [2.75, 3.05) is 20.8 Å². The standard InChI is InChI=1S/C18H24N4O2/c1-4-19-18(21-12-14-7-9-16(23-2)10-8-14)22-13-15-6-5-11-20-17(15)24-3/h5-11H,4,12-13H2,1-3H3,(H2,19,21,22). The molecular formula is C18H24N4O2. The number of aromatic nitrogens is 1. The molecule has 0 fully saturated rings. The van der Waals surface area contributed by atoms with Gasteiger partial charge in [0, 0.05) is 24.8 Å². The van der Waals surface area contributed by atoms with Crippen LogP contribution in [0.2, 0.25) is 0 Å². The van der Waals surface area contributed by atoms with E-state index in [9.17, 15) is 0 Å². The number of hydrogen-bond acceptors (Lipinski definition) is 4. The van der Waals surface area contributed by atoms with Crippen LogP contribution in [0.5, 0.6) is 11.6 Å². The average Bonchev–Trinajstić information content (AvgIpc) is 2.64. The molecule has 128 valence electrons. The highest BCUT2D eigenvalue weighted by atomic mass is 16.5. The number of nitrogens with one attached hydrogen (secondary N) is 2. The van der Waals surface area contributed by atoms with Gasteiger partial charge < -0.3 is 20.1 Å². The molecule has 6 heteroatoms. The van der Waals surface area contributed by atoms with Crippen molar-refractivity contribution in [1.29, 1.82) is 0 Å². The summed E-state index contributed by atoms with van der Waals surface area (Å²) in [6.07, 6.45) is 1.71. The molecule has 0 amide bonds. The summed E-state index contributed by atoms with van der Waals surface area (Å²) in [6.45, 7) is 4.00. The van der Waals surface area contributed by atoms with Gasteiger partial charge in [-0.05, 0) is 30.7 Å². The summed E-state index contributed by atoms with van der Waals surface area (Å²) in [5.41, 5.74) is 2.10. The second kappa shape index (κ2) is 9.39. The van der Waals surface area contributed by atoms with Crippen LogP contribution in [-0.2, 0) is 13.1 Å². The molecule has 24 heavy (non-hydrogen) atoms. The number of pyridine rings is 1. The summed E-state index contributed by atoms with van der Waals surface area (Å²) in [5.74, 6) is 2.21. The minimum Gasteiger partial charge on any atom is -0.497 e. The average molecular weight is 328 g/mol. The number of aliphatic imine (C=N–C) groups is 1. The predicted molar refractivity (Wildman–Crippen MR) is 95.4 cm³/mol. The molecule has 0 spiro atoms. The highest BCUT2D eigenvalue weighted by Crippen LogP contribution is 2.13. The van der Waals surface area contributed by atoms with Crippen LogP contribution >= 0.6 is 0 Å². The number of hydrogen-bond donors (Lipinski definition) is 2. The van der Waals surface area contributed by atoms with E-state index >= 15 is 0 Å². The number of benzene rings is 1. The van der Waals surface area contributed by atoms with Crippen molar-refractivity contribution in [3.8, 4) is 11.6 Å². The largest absolute Gasteiger partial charge is 0.497 e. The summed E-state index contributed by atoms with van der Waals surface area (Å²) >= 11 is 0. The molecule has 2 rings (SSSR count). The number of ether oxygens (including phenoxy) is 2. The Morgan fingerprint density at radius 2 is 1.88 bits per heavy atom. The number of nitrogens with zero attached hydrogens (tertiary/aromatic N) is 2. The molecule has 2 N–H and O–H groups in total. The maximum atomic E-state index is 5.27. The van der Waals surface area contributed by atoms with Gasteiger partial charge in [-0.3, -0.25) is 0 Å². The van der Waals surface area contributed by atoms with E-state index in [-0.39, 0.29) is 0 Å². The van der Waals surface area contributed by atoms with E-state index in [0.29, 0.717) is 19.0 Å². The van der Waals surface area contributed by atoms with Crippen LogP contribution in [-0.4, -0.2) is 31.7 Å². The van der Waals surface area contributed by atoms with Crippen LogP contribution in [0, 0.1) is 0 Å². The SMILES string of the molecule is CCNC(=NCc1ccc(OC)cc1)NCc1cccnc1OC. The molecule has 0 radical (unpaired) electrons. The van der Waals surface area contributed by atoms with E-state index in [1.165, 1.54) is 0 Å². The molecule has 0 saturated heterocycles. The first-order valence-corrected chi connectivity index (χ1v) is 7.89. The van der Waals surface area contributed by atoms with Crippen LogP contribution in [0.15, 0.2) is 47.6 Å². The summed E-state index contributed by atoms with van der Waals surface area (Å²) in [6, 6.07) is 11.8. The van der Waals surface area contributed by atoms with Crippen molar-refractivity contribution in [1.82, 2.24) is 15.6 Å².